The number of halogens is 3. The molecule has 1 heterocycles. The molecular weight excluding hydrogens is 348 g/mol. The zero-order valence-electron chi connectivity index (χ0n) is 11.6. The molecule has 0 amide bonds. The van der Waals surface area contributed by atoms with E-state index in [2.05, 4.69) is 20.9 Å². The third-order valence-electron chi connectivity index (χ3n) is 3.36. The Morgan fingerprint density at radius 1 is 0.818 bits per heavy atom. The molecule has 0 aliphatic rings. The lowest BCUT2D eigenvalue weighted by Gasteiger charge is -2.10. The Morgan fingerprint density at radius 3 is 2.09 bits per heavy atom. The summed E-state index contributed by atoms with van der Waals surface area (Å²) in [6.45, 7) is 0. The van der Waals surface area contributed by atoms with Gasteiger partial charge in [-0.1, -0.05) is 46.3 Å². The summed E-state index contributed by atoms with van der Waals surface area (Å²) in [5.74, 6) is -0.582. The summed E-state index contributed by atoms with van der Waals surface area (Å²) in [4.78, 5) is 4.57. The van der Waals surface area contributed by atoms with Gasteiger partial charge in [-0.15, -0.1) is 0 Å². The number of nitrogens with zero attached hydrogens (tertiary/aromatic N) is 1. The van der Waals surface area contributed by atoms with Crippen LogP contribution in [0.4, 0.5) is 8.78 Å². The molecule has 1 aromatic heterocycles. The van der Waals surface area contributed by atoms with Crippen LogP contribution in [0, 0.1) is 11.6 Å². The molecule has 0 saturated heterocycles. The average Bonchev–Trinajstić information content (AvgIpc) is 2.54. The zero-order chi connectivity index (χ0) is 15.5. The Hall–Kier alpha value is -2.07. The standard InChI is InChI=1S/C18H12BrF2N/c19-11-18-16(12-3-1-5-14(20)9-12)7-8-17(22-18)13-4-2-6-15(21)10-13/h1-10H,11H2. The topological polar surface area (TPSA) is 12.9 Å². The number of benzene rings is 2. The van der Waals surface area contributed by atoms with Crippen molar-refractivity contribution in [3.63, 3.8) is 0 Å². The van der Waals surface area contributed by atoms with Gasteiger partial charge in [-0.05, 0) is 35.9 Å². The van der Waals surface area contributed by atoms with Crippen LogP contribution in [0.5, 0.6) is 0 Å². The Kier molecular flexibility index (Phi) is 4.29. The van der Waals surface area contributed by atoms with Crippen LogP contribution in [0.3, 0.4) is 0 Å². The predicted molar refractivity (Wildman–Crippen MR) is 87.7 cm³/mol. The SMILES string of the molecule is Fc1cccc(-c2ccc(-c3cccc(F)c3)c(CBr)n2)c1. The van der Waals surface area contributed by atoms with E-state index in [0.717, 1.165) is 16.8 Å². The minimum atomic E-state index is -0.297. The monoisotopic (exact) mass is 359 g/mol. The van der Waals surface area contributed by atoms with Crippen molar-refractivity contribution < 1.29 is 8.78 Å². The van der Waals surface area contributed by atoms with Gasteiger partial charge in [-0.3, -0.25) is 4.98 Å². The van der Waals surface area contributed by atoms with Gasteiger partial charge in [0.1, 0.15) is 11.6 Å². The summed E-state index contributed by atoms with van der Waals surface area (Å²) in [6, 6.07) is 16.4. The van der Waals surface area contributed by atoms with Crippen LogP contribution in [-0.2, 0) is 5.33 Å². The van der Waals surface area contributed by atoms with Gasteiger partial charge in [0.25, 0.3) is 0 Å². The smallest absolute Gasteiger partial charge is 0.123 e. The summed E-state index contributed by atoms with van der Waals surface area (Å²) in [5, 5.41) is 0.530. The highest BCUT2D eigenvalue weighted by atomic mass is 79.9. The molecule has 0 fully saturated rings. The fourth-order valence-electron chi connectivity index (χ4n) is 2.33. The summed E-state index contributed by atoms with van der Waals surface area (Å²) in [5.41, 5.74) is 3.82. The maximum absolute atomic E-state index is 13.4. The molecule has 0 saturated carbocycles. The number of pyridine rings is 1. The highest BCUT2D eigenvalue weighted by Crippen LogP contribution is 2.28. The molecule has 3 rings (SSSR count). The van der Waals surface area contributed by atoms with Gasteiger partial charge in [0.15, 0.2) is 0 Å². The molecule has 0 spiro atoms. The van der Waals surface area contributed by atoms with Crippen LogP contribution in [0.25, 0.3) is 22.4 Å². The highest BCUT2D eigenvalue weighted by Gasteiger charge is 2.09. The lowest BCUT2D eigenvalue weighted by atomic mass is 10.0. The average molecular weight is 360 g/mol. The molecule has 0 atom stereocenters. The summed E-state index contributed by atoms with van der Waals surface area (Å²) in [7, 11) is 0. The zero-order valence-corrected chi connectivity index (χ0v) is 13.1. The first-order valence-corrected chi connectivity index (χ1v) is 7.87. The largest absolute Gasteiger partial charge is 0.251 e. The lowest BCUT2D eigenvalue weighted by molar-refractivity contribution is 0.628. The molecular formula is C18H12BrF2N. The molecule has 0 N–H and O–H groups in total. The van der Waals surface area contributed by atoms with Crippen molar-refractivity contribution in [3.8, 4) is 22.4 Å². The van der Waals surface area contributed by atoms with E-state index in [1.807, 2.05) is 24.3 Å². The Balaban J connectivity index is 2.08. The van der Waals surface area contributed by atoms with Crippen LogP contribution in [0.2, 0.25) is 0 Å². The molecule has 0 radical (unpaired) electrons. The Labute approximate surface area is 135 Å². The first-order valence-electron chi connectivity index (χ1n) is 6.75. The minimum absolute atomic E-state index is 0.285. The summed E-state index contributed by atoms with van der Waals surface area (Å²) < 4.78 is 26.7. The molecule has 22 heavy (non-hydrogen) atoms. The van der Waals surface area contributed by atoms with E-state index < -0.39 is 0 Å². The molecule has 4 heteroatoms. The van der Waals surface area contributed by atoms with Gasteiger partial charge in [-0.2, -0.15) is 0 Å². The summed E-state index contributed by atoms with van der Waals surface area (Å²) in [6.07, 6.45) is 0. The molecule has 0 aliphatic heterocycles. The minimum Gasteiger partial charge on any atom is -0.251 e. The van der Waals surface area contributed by atoms with E-state index in [1.165, 1.54) is 24.3 Å². The van der Waals surface area contributed by atoms with Crippen molar-refractivity contribution in [1.29, 1.82) is 0 Å². The number of hydrogen-bond acceptors (Lipinski definition) is 1. The van der Waals surface area contributed by atoms with Gasteiger partial charge in [-0.25, -0.2) is 8.78 Å². The second kappa shape index (κ2) is 6.36. The third-order valence-corrected chi connectivity index (χ3v) is 3.89. The van der Waals surface area contributed by atoms with Gasteiger partial charge in [0.2, 0.25) is 0 Å². The van der Waals surface area contributed by atoms with Crippen molar-refractivity contribution in [2.45, 2.75) is 5.33 Å². The van der Waals surface area contributed by atoms with Crippen molar-refractivity contribution >= 4 is 15.9 Å². The van der Waals surface area contributed by atoms with Crippen LogP contribution < -0.4 is 0 Å². The first-order chi connectivity index (χ1) is 10.7. The number of hydrogen-bond donors (Lipinski definition) is 0. The van der Waals surface area contributed by atoms with Crippen LogP contribution >= 0.6 is 15.9 Å². The number of rotatable bonds is 3. The van der Waals surface area contributed by atoms with Crippen molar-refractivity contribution in [3.05, 3.63) is 78.0 Å². The maximum atomic E-state index is 13.4. The molecule has 3 aromatic rings. The van der Waals surface area contributed by atoms with E-state index >= 15 is 0 Å². The molecule has 0 aliphatic carbocycles. The van der Waals surface area contributed by atoms with Gasteiger partial charge in [0, 0.05) is 16.5 Å². The molecule has 2 aromatic carbocycles. The second-order valence-corrected chi connectivity index (χ2v) is 5.41. The molecule has 1 nitrogen and oxygen atoms in total. The van der Waals surface area contributed by atoms with E-state index in [9.17, 15) is 8.78 Å². The summed E-state index contributed by atoms with van der Waals surface area (Å²) >= 11 is 3.42. The second-order valence-electron chi connectivity index (χ2n) is 4.85. The van der Waals surface area contributed by atoms with E-state index in [0.29, 0.717) is 16.6 Å². The van der Waals surface area contributed by atoms with Crippen molar-refractivity contribution in [2.75, 3.05) is 0 Å². The fourth-order valence-corrected chi connectivity index (χ4v) is 2.76. The van der Waals surface area contributed by atoms with Gasteiger partial charge < -0.3 is 0 Å². The Bertz CT molecular complexity index is 818. The van der Waals surface area contributed by atoms with Gasteiger partial charge >= 0.3 is 0 Å². The van der Waals surface area contributed by atoms with E-state index in [-0.39, 0.29) is 11.6 Å². The third kappa shape index (κ3) is 3.07. The fraction of sp³-hybridized carbons (Fsp3) is 0.0556. The quantitative estimate of drug-likeness (QED) is 0.555. The lowest BCUT2D eigenvalue weighted by Crippen LogP contribution is -1.94. The van der Waals surface area contributed by atoms with Crippen molar-refractivity contribution in [2.24, 2.45) is 0 Å². The molecule has 0 unspecified atom stereocenters. The van der Waals surface area contributed by atoms with Crippen LogP contribution in [0.15, 0.2) is 60.7 Å². The maximum Gasteiger partial charge on any atom is 0.123 e. The van der Waals surface area contributed by atoms with Crippen LogP contribution in [-0.4, -0.2) is 4.98 Å². The Morgan fingerprint density at radius 2 is 1.45 bits per heavy atom. The molecule has 0 bridgehead atoms. The molecule has 110 valence electrons. The first kappa shape index (κ1) is 14.9. The number of aromatic nitrogens is 1. The number of alkyl halides is 1. The highest BCUT2D eigenvalue weighted by molar-refractivity contribution is 9.08. The van der Waals surface area contributed by atoms with Gasteiger partial charge in [0.05, 0.1) is 11.4 Å². The normalized spacial score (nSPS) is 10.7. The predicted octanol–water partition coefficient (Wildman–Crippen LogP) is 5.59. The van der Waals surface area contributed by atoms with E-state index in [1.54, 1.807) is 12.1 Å². The van der Waals surface area contributed by atoms with Crippen LogP contribution in [0.1, 0.15) is 5.69 Å². The van der Waals surface area contributed by atoms with Crippen molar-refractivity contribution in [1.82, 2.24) is 4.98 Å². The van der Waals surface area contributed by atoms with E-state index in [4.69, 9.17) is 0 Å².